The van der Waals surface area contributed by atoms with Crippen LogP contribution in [0.1, 0.15) is 57.4 Å². The molecule has 0 aromatic heterocycles. The van der Waals surface area contributed by atoms with E-state index in [0.717, 1.165) is 25.8 Å². The summed E-state index contributed by atoms with van der Waals surface area (Å²) in [4.78, 5) is 11.4. The standard InChI is InChI=1S/C19H26N2O3.C2H6/c22-18-21-19(13-24-18)10-11-20-17(19)12-23-16-8-6-15(7-9-16)14-4-2-1-3-5-14;1-2/h1-5,15-17,20H,6-13H2,(H,21,22);1-2H3. The van der Waals surface area contributed by atoms with Crippen molar-refractivity contribution in [3.8, 4) is 0 Å². The van der Waals surface area contributed by atoms with E-state index in [4.69, 9.17) is 9.47 Å². The first-order chi connectivity index (χ1) is 12.8. The molecule has 1 spiro atoms. The lowest BCUT2D eigenvalue weighted by molar-refractivity contribution is 0.00425. The first-order valence-electron chi connectivity index (χ1n) is 10.1. The van der Waals surface area contributed by atoms with Crippen LogP contribution in [-0.2, 0) is 9.47 Å². The average molecular weight is 360 g/mol. The van der Waals surface area contributed by atoms with Gasteiger partial charge < -0.3 is 20.1 Å². The molecule has 0 radical (unpaired) electrons. The number of amides is 1. The zero-order valence-electron chi connectivity index (χ0n) is 16.0. The highest BCUT2D eigenvalue weighted by molar-refractivity contribution is 5.71. The summed E-state index contributed by atoms with van der Waals surface area (Å²) in [6, 6.07) is 11.0. The molecular weight excluding hydrogens is 328 g/mol. The minimum Gasteiger partial charge on any atom is -0.447 e. The molecule has 3 fully saturated rings. The van der Waals surface area contributed by atoms with Crippen molar-refractivity contribution in [3.63, 3.8) is 0 Å². The van der Waals surface area contributed by atoms with Gasteiger partial charge >= 0.3 is 6.09 Å². The molecular formula is C21H32N2O3. The maximum atomic E-state index is 11.4. The minimum absolute atomic E-state index is 0.149. The molecule has 2 atom stereocenters. The van der Waals surface area contributed by atoms with Gasteiger partial charge in [0.05, 0.1) is 24.3 Å². The Balaban J connectivity index is 0.000000948. The van der Waals surface area contributed by atoms with Crippen LogP contribution in [0.4, 0.5) is 4.79 Å². The molecule has 2 N–H and O–H groups in total. The Hall–Kier alpha value is -1.59. The normalized spacial score (nSPS) is 33.3. The van der Waals surface area contributed by atoms with Gasteiger partial charge in [-0.05, 0) is 50.1 Å². The Morgan fingerprint density at radius 3 is 2.54 bits per heavy atom. The lowest BCUT2D eigenvalue weighted by atomic mass is 9.83. The number of ether oxygens (including phenoxy) is 2. The predicted molar refractivity (Wildman–Crippen MR) is 102 cm³/mol. The molecule has 1 amide bonds. The fourth-order valence-electron chi connectivity index (χ4n) is 4.37. The molecule has 5 heteroatoms. The first kappa shape index (κ1) is 19.2. The molecule has 26 heavy (non-hydrogen) atoms. The summed E-state index contributed by atoms with van der Waals surface area (Å²) in [6.45, 7) is 6.00. The van der Waals surface area contributed by atoms with Crippen molar-refractivity contribution in [2.45, 2.75) is 69.6 Å². The second kappa shape index (κ2) is 8.87. The van der Waals surface area contributed by atoms with E-state index < -0.39 is 0 Å². The molecule has 3 aliphatic rings. The molecule has 2 unspecified atom stereocenters. The number of cyclic esters (lactones) is 1. The van der Waals surface area contributed by atoms with Gasteiger partial charge in [-0.25, -0.2) is 4.79 Å². The Kier molecular flexibility index (Phi) is 6.54. The molecule has 0 bridgehead atoms. The van der Waals surface area contributed by atoms with Crippen LogP contribution in [0.15, 0.2) is 30.3 Å². The zero-order valence-corrected chi connectivity index (χ0v) is 16.0. The van der Waals surface area contributed by atoms with E-state index in [9.17, 15) is 4.79 Å². The molecule has 144 valence electrons. The smallest absolute Gasteiger partial charge is 0.407 e. The Labute approximate surface area is 156 Å². The van der Waals surface area contributed by atoms with E-state index in [1.54, 1.807) is 0 Å². The van der Waals surface area contributed by atoms with Crippen LogP contribution < -0.4 is 10.6 Å². The minimum atomic E-state index is -0.299. The van der Waals surface area contributed by atoms with Gasteiger partial charge in [0, 0.05) is 0 Å². The highest BCUT2D eigenvalue weighted by atomic mass is 16.6. The summed E-state index contributed by atoms with van der Waals surface area (Å²) in [7, 11) is 0. The SMILES string of the molecule is CC.O=C1NC2(CCNC2COC2CCC(c3ccccc3)CC2)CO1. The van der Waals surface area contributed by atoms with Crippen molar-refractivity contribution >= 4 is 6.09 Å². The summed E-state index contributed by atoms with van der Waals surface area (Å²) in [5, 5.41) is 6.46. The number of hydrogen-bond acceptors (Lipinski definition) is 4. The van der Waals surface area contributed by atoms with Crippen molar-refractivity contribution in [1.82, 2.24) is 10.6 Å². The fraction of sp³-hybridized carbons (Fsp3) is 0.667. The molecule has 2 heterocycles. The summed E-state index contributed by atoms with van der Waals surface area (Å²) in [5.41, 5.74) is 1.19. The van der Waals surface area contributed by atoms with Crippen LogP contribution >= 0.6 is 0 Å². The van der Waals surface area contributed by atoms with Gasteiger partial charge in [0.2, 0.25) is 0 Å². The predicted octanol–water partition coefficient (Wildman–Crippen LogP) is 3.60. The zero-order chi connectivity index (χ0) is 18.4. The Bertz CT molecular complexity index is 572. The number of carbonyl (C=O) groups is 1. The summed E-state index contributed by atoms with van der Waals surface area (Å²) >= 11 is 0. The van der Waals surface area contributed by atoms with E-state index in [-0.39, 0.29) is 17.7 Å². The Morgan fingerprint density at radius 2 is 1.88 bits per heavy atom. The number of benzene rings is 1. The largest absolute Gasteiger partial charge is 0.447 e. The van der Waals surface area contributed by atoms with E-state index in [0.29, 0.717) is 25.2 Å². The van der Waals surface area contributed by atoms with Crippen molar-refractivity contribution in [2.24, 2.45) is 0 Å². The molecule has 2 aliphatic heterocycles. The highest BCUT2D eigenvalue weighted by Gasteiger charge is 2.49. The first-order valence-corrected chi connectivity index (χ1v) is 10.1. The van der Waals surface area contributed by atoms with Crippen LogP contribution in [0.3, 0.4) is 0 Å². The maximum Gasteiger partial charge on any atom is 0.407 e. The molecule has 1 saturated carbocycles. The Morgan fingerprint density at radius 1 is 1.15 bits per heavy atom. The monoisotopic (exact) mass is 360 g/mol. The topological polar surface area (TPSA) is 59.6 Å². The van der Waals surface area contributed by atoms with E-state index in [2.05, 4.69) is 41.0 Å². The number of alkyl carbamates (subject to hydrolysis) is 1. The number of nitrogens with one attached hydrogen (secondary N) is 2. The summed E-state index contributed by atoms with van der Waals surface area (Å²) in [5.74, 6) is 0.671. The molecule has 1 aromatic carbocycles. The van der Waals surface area contributed by atoms with E-state index in [1.807, 2.05) is 13.8 Å². The van der Waals surface area contributed by atoms with Gasteiger partial charge in [-0.1, -0.05) is 44.2 Å². The van der Waals surface area contributed by atoms with Crippen LogP contribution in [0.5, 0.6) is 0 Å². The van der Waals surface area contributed by atoms with Crippen molar-refractivity contribution in [1.29, 1.82) is 0 Å². The summed E-state index contributed by atoms with van der Waals surface area (Å²) < 4.78 is 11.3. The quantitative estimate of drug-likeness (QED) is 0.861. The number of hydrogen-bond donors (Lipinski definition) is 2. The lowest BCUT2D eigenvalue weighted by Crippen LogP contribution is -2.55. The van der Waals surface area contributed by atoms with Gasteiger partial charge in [0.1, 0.15) is 6.61 Å². The number of carbonyl (C=O) groups excluding carboxylic acids is 1. The molecule has 2 saturated heterocycles. The average Bonchev–Trinajstić information content (AvgIpc) is 3.28. The molecule has 4 rings (SSSR count). The van der Waals surface area contributed by atoms with Crippen LogP contribution in [0.2, 0.25) is 0 Å². The number of rotatable bonds is 4. The van der Waals surface area contributed by atoms with E-state index >= 15 is 0 Å². The van der Waals surface area contributed by atoms with Gasteiger partial charge in [-0.15, -0.1) is 0 Å². The molecule has 1 aromatic rings. The third kappa shape index (κ3) is 4.21. The van der Waals surface area contributed by atoms with E-state index in [1.165, 1.54) is 18.4 Å². The highest BCUT2D eigenvalue weighted by Crippen LogP contribution is 2.34. The molecule has 1 aliphatic carbocycles. The van der Waals surface area contributed by atoms with Crippen LogP contribution in [0.25, 0.3) is 0 Å². The van der Waals surface area contributed by atoms with Crippen molar-refractivity contribution in [2.75, 3.05) is 19.8 Å². The van der Waals surface area contributed by atoms with Crippen molar-refractivity contribution in [3.05, 3.63) is 35.9 Å². The third-order valence-corrected chi connectivity index (χ3v) is 5.88. The maximum absolute atomic E-state index is 11.4. The van der Waals surface area contributed by atoms with Gasteiger partial charge in [0.25, 0.3) is 0 Å². The fourth-order valence-corrected chi connectivity index (χ4v) is 4.37. The third-order valence-electron chi connectivity index (χ3n) is 5.88. The van der Waals surface area contributed by atoms with Crippen LogP contribution in [-0.4, -0.2) is 43.5 Å². The molecule has 5 nitrogen and oxygen atoms in total. The second-order valence-electron chi connectivity index (χ2n) is 7.33. The summed E-state index contributed by atoms with van der Waals surface area (Å²) in [6.07, 6.45) is 5.56. The lowest BCUT2D eigenvalue weighted by Gasteiger charge is -2.32. The second-order valence-corrected chi connectivity index (χ2v) is 7.33. The van der Waals surface area contributed by atoms with Gasteiger partial charge in [-0.2, -0.15) is 0 Å². The van der Waals surface area contributed by atoms with Gasteiger partial charge in [-0.3, -0.25) is 0 Å². The van der Waals surface area contributed by atoms with Gasteiger partial charge in [0.15, 0.2) is 0 Å². The van der Waals surface area contributed by atoms with Crippen LogP contribution in [0, 0.1) is 0 Å². The van der Waals surface area contributed by atoms with Crippen molar-refractivity contribution < 1.29 is 14.3 Å².